The first kappa shape index (κ1) is 17.1. The molecule has 3 amide bonds. The van der Waals surface area contributed by atoms with E-state index in [9.17, 15) is 9.59 Å². The summed E-state index contributed by atoms with van der Waals surface area (Å²) in [5.74, 6) is -0.132. The molecule has 0 unspecified atom stereocenters. The number of fused-ring (bicyclic) bond motifs is 1. The van der Waals surface area contributed by atoms with E-state index in [1.807, 2.05) is 36.7 Å². The van der Waals surface area contributed by atoms with Gasteiger partial charge in [-0.25, -0.2) is 9.78 Å². The van der Waals surface area contributed by atoms with Crippen molar-refractivity contribution >= 4 is 28.7 Å². The molecule has 3 aromatic rings. The molecule has 1 aromatic heterocycles. The predicted octanol–water partition coefficient (Wildman–Crippen LogP) is 2.39. The van der Waals surface area contributed by atoms with Gasteiger partial charge in [-0.3, -0.25) is 9.69 Å². The van der Waals surface area contributed by atoms with E-state index in [1.165, 1.54) is 0 Å². The van der Waals surface area contributed by atoms with E-state index < -0.39 is 0 Å². The van der Waals surface area contributed by atoms with Gasteiger partial charge in [0.25, 0.3) is 5.91 Å². The molecule has 2 N–H and O–H groups in total. The Labute approximate surface area is 157 Å². The summed E-state index contributed by atoms with van der Waals surface area (Å²) < 4.78 is 2.09. The molecule has 0 radical (unpaired) electrons. The molecule has 7 heteroatoms. The number of amides is 3. The fourth-order valence-corrected chi connectivity index (χ4v) is 3.27. The summed E-state index contributed by atoms with van der Waals surface area (Å²) in [5.41, 5.74) is 3.37. The lowest BCUT2D eigenvalue weighted by atomic mass is 10.1. The summed E-state index contributed by atoms with van der Waals surface area (Å²) in [4.78, 5) is 30.2. The fraction of sp³-hybridized carbons (Fsp3) is 0.250. The van der Waals surface area contributed by atoms with Gasteiger partial charge in [0, 0.05) is 37.4 Å². The highest BCUT2D eigenvalue weighted by molar-refractivity contribution is 5.98. The van der Waals surface area contributed by atoms with Gasteiger partial charge in [-0.2, -0.15) is 0 Å². The average Bonchev–Trinajstić information content (AvgIpc) is 3.31. The van der Waals surface area contributed by atoms with Crippen LogP contribution in [0.4, 0.5) is 10.5 Å². The minimum absolute atomic E-state index is 0.125. The largest absolute Gasteiger partial charge is 0.352 e. The number of hydrogen-bond acceptors (Lipinski definition) is 3. The number of para-hydroxylation sites is 2. The summed E-state index contributed by atoms with van der Waals surface area (Å²) in [6, 6.07) is 15.0. The summed E-state index contributed by atoms with van der Waals surface area (Å²) >= 11 is 0. The Balaban J connectivity index is 1.32. The van der Waals surface area contributed by atoms with Gasteiger partial charge in [0.1, 0.15) is 0 Å². The smallest absolute Gasteiger partial charge is 0.321 e. The van der Waals surface area contributed by atoms with Crippen molar-refractivity contribution in [2.75, 3.05) is 24.5 Å². The molecule has 138 valence electrons. The van der Waals surface area contributed by atoms with E-state index in [0.717, 1.165) is 29.7 Å². The van der Waals surface area contributed by atoms with Crippen LogP contribution in [0, 0.1) is 0 Å². The molecular formula is C20H21N5O2. The number of rotatable bonds is 6. The molecule has 0 atom stereocenters. The normalized spacial score (nSPS) is 13.8. The molecule has 1 aliphatic heterocycles. The van der Waals surface area contributed by atoms with E-state index in [-0.39, 0.29) is 11.9 Å². The number of benzene rings is 2. The van der Waals surface area contributed by atoms with Crippen LogP contribution in [0.5, 0.6) is 0 Å². The van der Waals surface area contributed by atoms with E-state index in [1.54, 1.807) is 23.1 Å². The van der Waals surface area contributed by atoms with E-state index in [2.05, 4.69) is 20.2 Å². The molecule has 1 fully saturated rings. The highest BCUT2D eigenvalue weighted by Gasteiger charge is 2.21. The quantitative estimate of drug-likeness (QED) is 0.660. The van der Waals surface area contributed by atoms with Crippen LogP contribution in [0.2, 0.25) is 0 Å². The van der Waals surface area contributed by atoms with Crippen molar-refractivity contribution < 1.29 is 9.59 Å². The third-order valence-electron chi connectivity index (χ3n) is 4.67. The number of imidazole rings is 1. The summed E-state index contributed by atoms with van der Waals surface area (Å²) in [5, 5.41) is 5.71. The van der Waals surface area contributed by atoms with Crippen LogP contribution in [0.1, 0.15) is 16.8 Å². The standard InChI is InChI=1S/C20H21N5O2/c26-19(15-5-3-6-16(13-15)25-12-10-22-20(25)27)21-9-4-11-24-14-23-17-7-1-2-8-18(17)24/h1-3,5-8,13-14H,4,9-12H2,(H,21,26)(H,22,27). The zero-order valence-corrected chi connectivity index (χ0v) is 14.9. The van der Waals surface area contributed by atoms with Gasteiger partial charge >= 0.3 is 6.03 Å². The lowest BCUT2D eigenvalue weighted by molar-refractivity contribution is 0.0952. The first-order chi connectivity index (χ1) is 13.2. The van der Waals surface area contributed by atoms with Crippen molar-refractivity contribution in [3.8, 4) is 0 Å². The van der Waals surface area contributed by atoms with E-state index in [4.69, 9.17) is 0 Å². The number of carbonyl (C=O) groups is 2. The monoisotopic (exact) mass is 363 g/mol. The second kappa shape index (κ2) is 7.49. The lowest BCUT2D eigenvalue weighted by Gasteiger charge is -2.15. The number of aromatic nitrogens is 2. The van der Waals surface area contributed by atoms with Gasteiger partial charge in [-0.15, -0.1) is 0 Å². The molecule has 0 aliphatic carbocycles. The van der Waals surface area contributed by atoms with Crippen LogP contribution in [-0.2, 0) is 6.54 Å². The maximum Gasteiger partial charge on any atom is 0.321 e. The number of aryl methyl sites for hydroxylation is 1. The Morgan fingerprint density at radius 2 is 2.07 bits per heavy atom. The second-order valence-electron chi connectivity index (χ2n) is 6.47. The third-order valence-corrected chi connectivity index (χ3v) is 4.67. The van der Waals surface area contributed by atoms with Crippen LogP contribution in [-0.4, -0.2) is 41.1 Å². The van der Waals surface area contributed by atoms with Crippen LogP contribution >= 0.6 is 0 Å². The summed E-state index contributed by atoms with van der Waals surface area (Å²) in [6.45, 7) is 2.59. The topological polar surface area (TPSA) is 79.3 Å². The molecule has 0 saturated carbocycles. The molecule has 1 saturated heterocycles. The molecule has 1 aliphatic rings. The van der Waals surface area contributed by atoms with Crippen molar-refractivity contribution in [3.63, 3.8) is 0 Å². The van der Waals surface area contributed by atoms with Crippen LogP contribution < -0.4 is 15.5 Å². The van der Waals surface area contributed by atoms with Gasteiger partial charge < -0.3 is 15.2 Å². The highest BCUT2D eigenvalue weighted by atomic mass is 16.2. The van der Waals surface area contributed by atoms with Gasteiger partial charge in [-0.1, -0.05) is 18.2 Å². The van der Waals surface area contributed by atoms with Crippen molar-refractivity contribution in [2.24, 2.45) is 0 Å². The first-order valence-corrected chi connectivity index (χ1v) is 9.06. The van der Waals surface area contributed by atoms with Gasteiger partial charge in [0.2, 0.25) is 0 Å². The van der Waals surface area contributed by atoms with Crippen LogP contribution in [0.3, 0.4) is 0 Å². The number of nitrogens with zero attached hydrogens (tertiary/aromatic N) is 3. The Morgan fingerprint density at radius 1 is 1.19 bits per heavy atom. The molecule has 2 aromatic carbocycles. The molecule has 4 rings (SSSR count). The number of urea groups is 1. The number of anilines is 1. The summed E-state index contributed by atoms with van der Waals surface area (Å²) in [7, 11) is 0. The van der Waals surface area contributed by atoms with Crippen molar-refractivity contribution in [2.45, 2.75) is 13.0 Å². The minimum Gasteiger partial charge on any atom is -0.352 e. The molecular weight excluding hydrogens is 342 g/mol. The number of hydrogen-bond donors (Lipinski definition) is 2. The van der Waals surface area contributed by atoms with Gasteiger partial charge in [-0.05, 0) is 36.8 Å². The maximum absolute atomic E-state index is 12.4. The Morgan fingerprint density at radius 3 is 2.93 bits per heavy atom. The van der Waals surface area contributed by atoms with E-state index in [0.29, 0.717) is 25.2 Å². The van der Waals surface area contributed by atoms with E-state index >= 15 is 0 Å². The first-order valence-electron chi connectivity index (χ1n) is 9.06. The predicted molar refractivity (Wildman–Crippen MR) is 104 cm³/mol. The van der Waals surface area contributed by atoms with Gasteiger partial charge in [0.15, 0.2) is 0 Å². The van der Waals surface area contributed by atoms with Crippen molar-refractivity contribution in [1.29, 1.82) is 0 Å². The van der Waals surface area contributed by atoms with Crippen LogP contribution in [0.25, 0.3) is 11.0 Å². The fourth-order valence-electron chi connectivity index (χ4n) is 3.27. The average molecular weight is 363 g/mol. The van der Waals surface area contributed by atoms with Crippen molar-refractivity contribution in [1.82, 2.24) is 20.2 Å². The summed E-state index contributed by atoms with van der Waals surface area (Å²) in [6.07, 6.45) is 2.64. The lowest BCUT2D eigenvalue weighted by Crippen LogP contribution is -2.28. The minimum atomic E-state index is -0.132. The third kappa shape index (κ3) is 3.62. The second-order valence-corrected chi connectivity index (χ2v) is 6.47. The van der Waals surface area contributed by atoms with Crippen LogP contribution in [0.15, 0.2) is 54.9 Å². The molecule has 0 bridgehead atoms. The zero-order valence-electron chi connectivity index (χ0n) is 14.9. The molecule has 2 heterocycles. The highest BCUT2D eigenvalue weighted by Crippen LogP contribution is 2.18. The Bertz CT molecular complexity index is 981. The SMILES string of the molecule is O=C(NCCCn1cnc2ccccc21)c1cccc(N2CCNC2=O)c1. The Kier molecular flexibility index (Phi) is 4.74. The number of nitrogens with one attached hydrogen (secondary N) is 2. The zero-order chi connectivity index (χ0) is 18.6. The van der Waals surface area contributed by atoms with Gasteiger partial charge in [0.05, 0.1) is 17.4 Å². The number of carbonyl (C=O) groups excluding carboxylic acids is 2. The Hall–Kier alpha value is -3.35. The molecule has 0 spiro atoms. The van der Waals surface area contributed by atoms with Crippen molar-refractivity contribution in [3.05, 3.63) is 60.4 Å². The molecule has 7 nitrogen and oxygen atoms in total. The molecule has 27 heavy (non-hydrogen) atoms. The maximum atomic E-state index is 12.4.